The fourth-order valence-electron chi connectivity index (χ4n) is 1.70. The van der Waals surface area contributed by atoms with Crippen LogP contribution in [0.15, 0.2) is 24.3 Å². The van der Waals surface area contributed by atoms with Gasteiger partial charge in [0.15, 0.2) is 0 Å². The van der Waals surface area contributed by atoms with Gasteiger partial charge in [-0.2, -0.15) is 0 Å². The molecule has 1 N–H and O–H groups in total. The average Bonchev–Trinajstić information content (AvgIpc) is 2.37. The van der Waals surface area contributed by atoms with Crippen molar-refractivity contribution in [3.05, 3.63) is 29.3 Å². The molecule has 0 spiro atoms. The Balaban J connectivity index is 1.92. The molecule has 102 valence electrons. The number of halogens is 1. The average molecular weight is 270 g/mol. The Hall–Kier alpha value is -0.730. The van der Waals surface area contributed by atoms with Crippen LogP contribution in [0.2, 0.25) is 5.02 Å². The lowest BCUT2D eigenvalue weighted by Crippen LogP contribution is -2.16. The number of nitrogens with one attached hydrogen (secondary N) is 1. The van der Waals surface area contributed by atoms with Crippen LogP contribution < -0.4 is 10.1 Å². The normalized spacial score (nSPS) is 10.6. The first-order valence-electron chi connectivity index (χ1n) is 6.92. The quantitative estimate of drug-likeness (QED) is 0.640. The molecule has 0 amide bonds. The van der Waals surface area contributed by atoms with Crippen LogP contribution in [0.3, 0.4) is 0 Å². The molecule has 0 heterocycles. The molecule has 0 saturated heterocycles. The van der Waals surface area contributed by atoms with Gasteiger partial charge in [-0.3, -0.25) is 0 Å². The SMILES string of the molecule is CCCCNCCCCCOc1cccc(Cl)c1. The van der Waals surface area contributed by atoms with Gasteiger partial charge in [0.1, 0.15) is 5.75 Å². The molecular formula is C15H24ClNO. The molecule has 1 aromatic carbocycles. The first-order valence-corrected chi connectivity index (χ1v) is 7.30. The van der Waals surface area contributed by atoms with E-state index < -0.39 is 0 Å². The predicted molar refractivity (Wildman–Crippen MR) is 78.6 cm³/mol. The lowest BCUT2D eigenvalue weighted by Gasteiger charge is -2.06. The zero-order valence-corrected chi connectivity index (χ0v) is 12.0. The second-order valence-electron chi connectivity index (χ2n) is 4.47. The summed E-state index contributed by atoms with van der Waals surface area (Å²) in [5.41, 5.74) is 0. The van der Waals surface area contributed by atoms with E-state index in [0.29, 0.717) is 0 Å². The van der Waals surface area contributed by atoms with Gasteiger partial charge >= 0.3 is 0 Å². The molecule has 18 heavy (non-hydrogen) atoms. The first kappa shape index (κ1) is 15.3. The second kappa shape index (κ2) is 10.2. The third-order valence-electron chi connectivity index (χ3n) is 2.77. The number of hydrogen-bond donors (Lipinski definition) is 1. The van der Waals surface area contributed by atoms with Crippen molar-refractivity contribution in [2.45, 2.75) is 39.0 Å². The summed E-state index contributed by atoms with van der Waals surface area (Å²) in [4.78, 5) is 0. The maximum Gasteiger partial charge on any atom is 0.120 e. The van der Waals surface area contributed by atoms with E-state index in [1.165, 1.54) is 25.7 Å². The Kier molecular flexibility index (Phi) is 8.70. The van der Waals surface area contributed by atoms with Gasteiger partial charge in [-0.05, 0) is 57.0 Å². The maximum atomic E-state index is 5.88. The molecule has 1 aromatic rings. The van der Waals surface area contributed by atoms with Gasteiger partial charge in [0.05, 0.1) is 6.61 Å². The van der Waals surface area contributed by atoms with E-state index in [1.807, 2.05) is 24.3 Å². The van der Waals surface area contributed by atoms with Crippen molar-refractivity contribution in [2.24, 2.45) is 0 Å². The van der Waals surface area contributed by atoms with Gasteiger partial charge in [-0.25, -0.2) is 0 Å². The fraction of sp³-hybridized carbons (Fsp3) is 0.600. The van der Waals surface area contributed by atoms with Gasteiger partial charge in [0, 0.05) is 5.02 Å². The van der Waals surface area contributed by atoms with E-state index in [4.69, 9.17) is 16.3 Å². The van der Waals surface area contributed by atoms with Crippen molar-refractivity contribution in [3.8, 4) is 5.75 Å². The molecule has 1 rings (SSSR count). The summed E-state index contributed by atoms with van der Waals surface area (Å²) in [7, 11) is 0. The third-order valence-corrected chi connectivity index (χ3v) is 3.00. The molecule has 0 bridgehead atoms. The minimum Gasteiger partial charge on any atom is -0.494 e. The minimum absolute atomic E-state index is 0.729. The predicted octanol–water partition coefficient (Wildman–Crippen LogP) is 4.28. The molecule has 0 fully saturated rings. The number of ether oxygens (including phenoxy) is 1. The van der Waals surface area contributed by atoms with E-state index in [9.17, 15) is 0 Å². The van der Waals surface area contributed by atoms with Crippen LogP contribution in [0.25, 0.3) is 0 Å². The molecule has 2 nitrogen and oxygen atoms in total. The first-order chi connectivity index (χ1) is 8.83. The summed E-state index contributed by atoms with van der Waals surface area (Å²) in [5, 5.41) is 4.17. The van der Waals surface area contributed by atoms with Crippen LogP contribution in [0.4, 0.5) is 0 Å². The molecule has 3 heteroatoms. The Morgan fingerprint density at radius 2 is 1.94 bits per heavy atom. The monoisotopic (exact) mass is 269 g/mol. The summed E-state index contributed by atoms with van der Waals surface area (Å²) in [5.74, 6) is 0.864. The summed E-state index contributed by atoms with van der Waals surface area (Å²) < 4.78 is 5.63. The van der Waals surface area contributed by atoms with Crippen LogP contribution in [-0.2, 0) is 0 Å². The minimum atomic E-state index is 0.729. The van der Waals surface area contributed by atoms with Gasteiger partial charge in [-0.15, -0.1) is 0 Å². The Morgan fingerprint density at radius 3 is 2.72 bits per heavy atom. The molecule has 0 aliphatic rings. The van der Waals surface area contributed by atoms with Crippen LogP contribution in [0.1, 0.15) is 39.0 Å². The molecule has 0 saturated carbocycles. The van der Waals surface area contributed by atoms with Crippen molar-refractivity contribution >= 4 is 11.6 Å². The zero-order valence-electron chi connectivity index (χ0n) is 11.3. The second-order valence-corrected chi connectivity index (χ2v) is 4.91. The Labute approximate surface area is 116 Å². The largest absolute Gasteiger partial charge is 0.494 e. The van der Waals surface area contributed by atoms with Crippen LogP contribution in [-0.4, -0.2) is 19.7 Å². The maximum absolute atomic E-state index is 5.88. The molecule has 0 radical (unpaired) electrons. The molecular weight excluding hydrogens is 246 g/mol. The standard InChI is InChI=1S/C15H24ClNO/c1-2-3-10-17-11-5-4-6-12-18-15-9-7-8-14(16)13-15/h7-9,13,17H,2-6,10-12H2,1H3. The highest BCUT2D eigenvalue weighted by molar-refractivity contribution is 6.30. The lowest BCUT2D eigenvalue weighted by molar-refractivity contribution is 0.305. The van der Waals surface area contributed by atoms with Crippen molar-refractivity contribution < 1.29 is 4.74 Å². The van der Waals surface area contributed by atoms with Crippen LogP contribution in [0.5, 0.6) is 5.75 Å². The summed E-state index contributed by atoms with van der Waals surface area (Å²) in [6, 6.07) is 7.57. The highest BCUT2D eigenvalue weighted by Gasteiger charge is 1.95. The van der Waals surface area contributed by atoms with Crippen LogP contribution in [0, 0.1) is 0 Å². The Bertz CT molecular complexity index is 317. The fourth-order valence-corrected chi connectivity index (χ4v) is 1.88. The van der Waals surface area contributed by atoms with E-state index in [2.05, 4.69) is 12.2 Å². The van der Waals surface area contributed by atoms with Crippen molar-refractivity contribution in [2.75, 3.05) is 19.7 Å². The smallest absolute Gasteiger partial charge is 0.120 e. The van der Waals surface area contributed by atoms with Crippen molar-refractivity contribution in [1.29, 1.82) is 0 Å². The van der Waals surface area contributed by atoms with Gasteiger partial charge < -0.3 is 10.1 Å². The van der Waals surface area contributed by atoms with E-state index in [1.54, 1.807) is 0 Å². The van der Waals surface area contributed by atoms with E-state index in [0.717, 1.165) is 36.9 Å². The zero-order chi connectivity index (χ0) is 13.1. The topological polar surface area (TPSA) is 21.3 Å². The van der Waals surface area contributed by atoms with Gasteiger partial charge in [0.2, 0.25) is 0 Å². The number of unbranched alkanes of at least 4 members (excludes halogenated alkanes) is 3. The summed E-state index contributed by atoms with van der Waals surface area (Å²) >= 11 is 5.88. The van der Waals surface area contributed by atoms with Crippen LogP contribution >= 0.6 is 11.6 Å². The number of hydrogen-bond acceptors (Lipinski definition) is 2. The molecule has 0 aromatic heterocycles. The highest BCUT2D eigenvalue weighted by atomic mass is 35.5. The number of benzene rings is 1. The highest BCUT2D eigenvalue weighted by Crippen LogP contribution is 2.17. The molecule has 0 atom stereocenters. The van der Waals surface area contributed by atoms with Crippen molar-refractivity contribution in [3.63, 3.8) is 0 Å². The molecule has 0 aliphatic carbocycles. The van der Waals surface area contributed by atoms with Crippen molar-refractivity contribution in [1.82, 2.24) is 5.32 Å². The Morgan fingerprint density at radius 1 is 1.11 bits per heavy atom. The summed E-state index contributed by atoms with van der Waals surface area (Å²) in [6.45, 7) is 5.26. The van der Waals surface area contributed by atoms with Gasteiger partial charge in [0.25, 0.3) is 0 Å². The number of rotatable bonds is 10. The lowest BCUT2D eigenvalue weighted by atomic mass is 10.2. The van der Waals surface area contributed by atoms with Gasteiger partial charge in [-0.1, -0.05) is 31.0 Å². The van der Waals surface area contributed by atoms with E-state index >= 15 is 0 Å². The molecule has 0 aliphatic heterocycles. The molecule has 0 unspecified atom stereocenters. The third kappa shape index (κ3) is 7.57. The van der Waals surface area contributed by atoms with E-state index in [-0.39, 0.29) is 0 Å². The summed E-state index contributed by atoms with van der Waals surface area (Å²) in [6.07, 6.45) is 6.07.